The van der Waals surface area contributed by atoms with Gasteiger partial charge in [0.2, 0.25) is 0 Å². The van der Waals surface area contributed by atoms with Crippen LogP contribution in [0.5, 0.6) is 0 Å². The van der Waals surface area contributed by atoms with Gasteiger partial charge in [0.1, 0.15) is 0 Å². The van der Waals surface area contributed by atoms with Crippen molar-refractivity contribution < 1.29 is 0 Å². The van der Waals surface area contributed by atoms with Crippen molar-refractivity contribution in [3.63, 3.8) is 0 Å². The van der Waals surface area contributed by atoms with Gasteiger partial charge in [0.25, 0.3) is 0 Å². The first-order chi connectivity index (χ1) is 4.34. The Labute approximate surface area is 62.2 Å². The van der Waals surface area contributed by atoms with Crippen LogP contribution in [0.15, 0.2) is 22.9 Å². The van der Waals surface area contributed by atoms with Crippen LogP contribution in [-0.4, -0.2) is 4.98 Å². The van der Waals surface area contributed by atoms with Gasteiger partial charge in [-0.25, -0.2) is 0 Å². The highest BCUT2D eigenvalue weighted by Crippen LogP contribution is 2.11. The summed E-state index contributed by atoms with van der Waals surface area (Å²) >= 11 is 3.27. The average Bonchev–Trinajstić information content (AvgIpc) is 1.89. The molecule has 0 saturated carbocycles. The van der Waals surface area contributed by atoms with E-state index in [1.54, 1.807) is 12.4 Å². The maximum absolute atomic E-state index is 5.13. The molecule has 0 amide bonds. The SMILES string of the molecule is C#Cc1cnccc1Br. The topological polar surface area (TPSA) is 12.9 Å². The minimum atomic E-state index is 0.789. The number of halogens is 1. The lowest BCUT2D eigenvalue weighted by Crippen LogP contribution is -1.76. The molecule has 0 saturated heterocycles. The molecular formula is C7H4BrN. The van der Waals surface area contributed by atoms with E-state index in [0.29, 0.717) is 0 Å². The Balaban J connectivity index is 3.20. The van der Waals surface area contributed by atoms with Gasteiger partial charge in [0, 0.05) is 16.9 Å². The molecule has 2 heteroatoms. The van der Waals surface area contributed by atoms with E-state index < -0.39 is 0 Å². The number of aromatic nitrogens is 1. The second kappa shape index (κ2) is 2.65. The van der Waals surface area contributed by atoms with Crippen LogP contribution < -0.4 is 0 Å². The zero-order chi connectivity index (χ0) is 6.69. The fourth-order valence-electron chi connectivity index (χ4n) is 0.484. The second-order valence-electron chi connectivity index (χ2n) is 1.50. The predicted octanol–water partition coefficient (Wildman–Crippen LogP) is 1.83. The van der Waals surface area contributed by atoms with E-state index in [-0.39, 0.29) is 0 Å². The third-order valence-corrected chi connectivity index (χ3v) is 1.61. The predicted molar refractivity (Wildman–Crippen MR) is 39.9 cm³/mol. The summed E-state index contributed by atoms with van der Waals surface area (Å²) in [6.45, 7) is 0. The van der Waals surface area contributed by atoms with Gasteiger partial charge in [-0.15, -0.1) is 6.42 Å². The highest BCUT2D eigenvalue weighted by molar-refractivity contribution is 9.10. The number of terminal acetylenes is 1. The fourth-order valence-corrected chi connectivity index (χ4v) is 0.819. The van der Waals surface area contributed by atoms with Crippen molar-refractivity contribution in [3.8, 4) is 12.3 Å². The van der Waals surface area contributed by atoms with E-state index in [9.17, 15) is 0 Å². The summed E-state index contributed by atoms with van der Waals surface area (Å²) in [6.07, 6.45) is 8.46. The summed E-state index contributed by atoms with van der Waals surface area (Å²) in [7, 11) is 0. The highest BCUT2D eigenvalue weighted by atomic mass is 79.9. The van der Waals surface area contributed by atoms with Crippen LogP contribution in [0.4, 0.5) is 0 Å². The van der Waals surface area contributed by atoms with Crippen LogP contribution in [0.3, 0.4) is 0 Å². The smallest absolute Gasteiger partial charge is 0.0568 e. The van der Waals surface area contributed by atoms with Gasteiger partial charge in [0.05, 0.1) is 5.56 Å². The van der Waals surface area contributed by atoms with Crippen LogP contribution in [0.25, 0.3) is 0 Å². The average molecular weight is 182 g/mol. The minimum Gasteiger partial charge on any atom is -0.263 e. The maximum Gasteiger partial charge on any atom is 0.0568 e. The third kappa shape index (κ3) is 1.30. The summed E-state index contributed by atoms with van der Waals surface area (Å²) in [6, 6.07) is 1.81. The van der Waals surface area contributed by atoms with Crippen LogP contribution >= 0.6 is 15.9 Å². The molecule has 0 unspecified atom stereocenters. The molecule has 0 atom stereocenters. The quantitative estimate of drug-likeness (QED) is 0.557. The molecule has 0 spiro atoms. The van der Waals surface area contributed by atoms with E-state index in [1.165, 1.54) is 0 Å². The molecule has 0 aliphatic rings. The van der Waals surface area contributed by atoms with E-state index in [1.807, 2.05) is 6.07 Å². The lowest BCUT2D eigenvalue weighted by atomic mass is 10.3. The van der Waals surface area contributed by atoms with Crippen molar-refractivity contribution in [1.82, 2.24) is 4.98 Å². The summed E-state index contributed by atoms with van der Waals surface area (Å²) in [5.41, 5.74) is 0.789. The normalized spacial score (nSPS) is 8.44. The molecular weight excluding hydrogens is 178 g/mol. The summed E-state index contributed by atoms with van der Waals surface area (Å²) in [5.74, 6) is 2.49. The summed E-state index contributed by atoms with van der Waals surface area (Å²) in [5, 5.41) is 0. The van der Waals surface area contributed by atoms with Gasteiger partial charge in [-0.3, -0.25) is 4.98 Å². The highest BCUT2D eigenvalue weighted by Gasteiger charge is 1.90. The molecule has 0 N–H and O–H groups in total. The van der Waals surface area contributed by atoms with Crippen LogP contribution in [0, 0.1) is 12.3 Å². The van der Waals surface area contributed by atoms with Gasteiger partial charge in [-0.2, -0.15) is 0 Å². The van der Waals surface area contributed by atoms with Crippen molar-refractivity contribution >= 4 is 15.9 Å². The van der Waals surface area contributed by atoms with E-state index >= 15 is 0 Å². The zero-order valence-corrected chi connectivity index (χ0v) is 6.22. The number of pyridine rings is 1. The Morgan fingerprint density at radius 1 is 1.67 bits per heavy atom. The molecule has 1 aromatic heterocycles. The molecule has 44 valence electrons. The van der Waals surface area contributed by atoms with Crippen molar-refractivity contribution in [2.24, 2.45) is 0 Å². The largest absolute Gasteiger partial charge is 0.263 e. The third-order valence-electron chi connectivity index (χ3n) is 0.923. The van der Waals surface area contributed by atoms with Gasteiger partial charge >= 0.3 is 0 Å². The van der Waals surface area contributed by atoms with Gasteiger partial charge in [-0.1, -0.05) is 5.92 Å². The first kappa shape index (κ1) is 6.31. The summed E-state index contributed by atoms with van der Waals surface area (Å²) < 4.78 is 0.917. The van der Waals surface area contributed by atoms with Crippen LogP contribution in [-0.2, 0) is 0 Å². The molecule has 0 bridgehead atoms. The minimum absolute atomic E-state index is 0.789. The number of hydrogen-bond acceptors (Lipinski definition) is 1. The molecule has 0 aromatic carbocycles. The monoisotopic (exact) mass is 181 g/mol. The molecule has 1 heterocycles. The molecule has 1 aromatic rings. The van der Waals surface area contributed by atoms with Crippen molar-refractivity contribution in [2.45, 2.75) is 0 Å². The van der Waals surface area contributed by atoms with Gasteiger partial charge < -0.3 is 0 Å². The number of rotatable bonds is 0. The fraction of sp³-hybridized carbons (Fsp3) is 0. The van der Waals surface area contributed by atoms with Crippen LogP contribution in [0.1, 0.15) is 5.56 Å². The Morgan fingerprint density at radius 3 is 2.89 bits per heavy atom. The standard InChI is InChI=1S/C7H4BrN/c1-2-6-5-9-4-3-7(6)8/h1,3-5H. The summed E-state index contributed by atoms with van der Waals surface area (Å²) in [4.78, 5) is 3.84. The first-order valence-corrected chi connectivity index (χ1v) is 3.20. The Morgan fingerprint density at radius 2 is 2.44 bits per heavy atom. The zero-order valence-electron chi connectivity index (χ0n) is 4.63. The number of nitrogens with zero attached hydrogens (tertiary/aromatic N) is 1. The molecule has 1 nitrogen and oxygen atoms in total. The molecule has 0 aliphatic carbocycles. The van der Waals surface area contributed by atoms with E-state index in [0.717, 1.165) is 10.0 Å². The Bertz CT molecular complexity index is 249. The van der Waals surface area contributed by atoms with Crippen molar-refractivity contribution in [3.05, 3.63) is 28.5 Å². The van der Waals surface area contributed by atoms with Crippen LogP contribution in [0.2, 0.25) is 0 Å². The van der Waals surface area contributed by atoms with Crippen molar-refractivity contribution in [2.75, 3.05) is 0 Å². The van der Waals surface area contributed by atoms with E-state index in [2.05, 4.69) is 26.8 Å². The maximum atomic E-state index is 5.13. The second-order valence-corrected chi connectivity index (χ2v) is 2.35. The lowest BCUT2D eigenvalue weighted by molar-refractivity contribution is 1.30. The van der Waals surface area contributed by atoms with Gasteiger partial charge in [0.15, 0.2) is 0 Å². The Hall–Kier alpha value is -0.810. The molecule has 9 heavy (non-hydrogen) atoms. The Kier molecular flexibility index (Phi) is 1.86. The van der Waals surface area contributed by atoms with Crippen molar-refractivity contribution in [1.29, 1.82) is 0 Å². The van der Waals surface area contributed by atoms with Gasteiger partial charge in [-0.05, 0) is 22.0 Å². The first-order valence-electron chi connectivity index (χ1n) is 2.40. The molecule has 0 fully saturated rings. The number of hydrogen-bond donors (Lipinski definition) is 0. The molecule has 0 radical (unpaired) electrons. The molecule has 0 aliphatic heterocycles. The lowest BCUT2D eigenvalue weighted by Gasteiger charge is -1.90. The van der Waals surface area contributed by atoms with E-state index in [4.69, 9.17) is 6.42 Å². The molecule has 1 rings (SSSR count).